The second-order valence-corrected chi connectivity index (χ2v) is 5.22. The van der Waals surface area contributed by atoms with E-state index < -0.39 is 0 Å². The summed E-state index contributed by atoms with van der Waals surface area (Å²) in [6.45, 7) is 9.89. The fourth-order valence-electron chi connectivity index (χ4n) is 1.57. The van der Waals surface area contributed by atoms with Crippen LogP contribution in [0.5, 0.6) is 0 Å². The third-order valence-electron chi connectivity index (χ3n) is 2.90. The van der Waals surface area contributed by atoms with E-state index in [4.69, 9.17) is 9.47 Å². The Morgan fingerprint density at radius 1 is 0.720 bits per heavy atom. The van der Waals surface area contributed by atoms with E-state index in [-0.39, 0.29) is 11.9 Å². The zero-order chi connectivity index (χ0) is 19.1. The minimum Gasteiger partial charge on any atom is -0.463 e. The van der Waals surface area contributed by atoms with E-state index in [0.717, 1.165) is 11.1 Å². The van der Waals surface area contributed by atoms with Gasteiger partial charge in [-0.25, -0.2) is 9.59 Å². The first kappa shape index (κ1) is 22.4. The van der Waals surface area contributed by atoms with Crippen molar-refractivity contribution in [3.8, 4) is 0 Å². The Hall–Kier alpha value is -2.62. The van der Waals surface area contributed by atoms with Crippen LogP contribution in [-0.2, 0) is 19.1 Å². The van der Waals surface area contributed by atoms with Crippen molar-refractivity contribution in [3.63, 3.8) is 0 Å². The number of rotatable bonds is 9. The molecule has 4 nitrogen and oxygen atoms in total. The van der Waals surface area contributed by atoms with Crippen molar-refractivity contribution in [3.05, 3.63) is 71.4 Å². The van der Waals surface area contributed by atoms with Crippen LogP contribution in [0.1, 0.15) is 34.6 Å². The average molecular weight is 344 g/mol. The Morgan fingerprint density at radius 2 is 1.28 bits per heavy atom. The lowest BCUT2D eigenvalue weighted by atomic mass is 10.2. The molecule has 0 saturated heterocycles. The van der Waals surface area contributed by atoms with Crippen molar-refractivity contribution in [1.82, 2.24) is 0 Å². The minimum atomic E-state index is -0.341. The Morgan fingerprint density at radius 3 is 1.84 bits per heavy atom. The molecule has 0 aliphatic heterocycles. The van der Waals surface area contributed by atoms with Gasteiger partial charge in [0, 0.05) is 11.6 Å². The lowest BCUT2D eigenvalue weighted by molar-refractivity contribution is -0.138. The first-order valence-corrected chi connectivity index (χ1v) is 8.29. The van der Waals surface area contributed by atoms with Gasteiger partial charge in [0.25, 0.3) is 0 Å². The molecule has 0 N–H and O–H groups in total. The summed E-state index contributed by atoms with van der Waals surface area (Å²) in [5, 5.41) is 0. The van der Waals surface area contributed by atoms with E-state index in [2.05, 4.69) is 0 Å². The van der Waals surface area contributed by atoms with Crippen molar-refractivity contribution in [2.75, 3.05) is 13.2 Å². The van der Waals surface area contributed by atoms with Gasteiger partial charge in [0.05, 0.1) is 13.2 Å². The van der Waals surface area contributed by atoms with Crippen molar-refractivity contribution in [1.29, 1.82) is 0 Å². The predicted molar refractivity (Wildman–Crippen MR) is 102 cm³/mol. The van der Waals surface area contributed by atoms with Crippen molar-refractivity contribution < 1.29 is 19.1 Å². The molecule has 0 unspecified atom stereocenters. The summed E-state index contributed by atoms with van der Waals surface area (Å²) in [6.07, 6.45) is 16.2. The molecule has 0 amide bonds. The van der Waals surface area contributed by atoms with Crippen LogP contribution in [0.4, 0.5) is 0 Å². The molecule has 0 aromatic carbocycles. The van der Waals surface area contributed by atoms with Gasteiger partial charge in [-0.1, -0.05) is 59.8 Å². The van der Waals surface area contributed by atoms with Gasteiger partial charge in [-0.15, -0.1) is 0 Å². The molecule has 0 aromatic heterocycles. The third-order valence-corrected chi connectivity index (χ3v) is 2.90. The van der Waals surface area contributed by atoms with Crippen LogP contribution in [0.2, 0.25) is 0 Å². The number of allylic oxidation sites excluding steroid dienone is 10. The molecule has 0 heterocycles. The zero-order valence-electron chi connectivity index (χ0n) is 15.7. The molecule has 0 spiro atoms. The highest BCUT2D eigenvalue weighted by Gasteiger charge is 2.01. The van der Waals surface area contributed by atoms with Crippen LogP contribution < -0.4 is 0 Å². The van der Waals surface area contributed by atoms with Crippen LogP contribution in [0.15, 0.2) is 71.4 Å². The van der Waals surface area contributed by atoms with Crippen LogP contribution in [0, 0.1) is 0 Å². The number of hydrogen-bond donors (Lipinski definition) is 0. The number of carbonyl (C=O) groups is 2. The van der Waals surface area contributed by atoms with Gasteiger partial charge in [0.2, 0.25) is 0 Å². The lowest BCUT2D eigenvalue weighted by Gasteiger charge is -1.99. The molecule has 25 heavy (non-hydrogen) atoms. The smallest absolute Gasteiger partial charge is 0.333 e. The highest BCUT2D eigenvalue weighted by molar-refractivity contribution is 5.88. The largest absolute Gasteiger partial charge is 0.463 e. The molecule has 0 aromatic rings. The van der Waals surface area contributed by atoms with E-state index in [1.807, 2.05) is 50.3 Å². The second kappa shape index (κ2) is 13.8. The fraction of sp³-hybridized carbons (Fsp3) is 0.333. The standard InChI is InChI=1S/C21H28O4/c1-6-24-20(22)16-15-18(4)12-9-8-11-17(3)13-10-14-19(5)21(23)25-7-2/h8-16H,6-7H2,1-5H3/b9-8+,13-10+,16-15+,17-11+,18-12+,19-14+. The summed E-state index contributed by atoms with van der Waals surface area (Å²) in [4.78, 5) is 22.6. The minimum absolute atomic E-state index is 0.301. The summed E-state index contributed by atoms with van der Waals surface area (Å²) < 4.78 is 9.71. The monoisotopic (exact) mass is 344 g/mol. The number of carbonyl (C=O) groups excluding carboxylic acids is 2. The van der Waals surface area contributed by atoms with E-state index in [1.54, 1.807) is 32.9 Å². The van der Waals surface area contributed by atoms with Crippen molar-refractivity contribution >= 4 is 11.9 Å². The normalized spacial score (nSPS) is 13.9. The van der Waals surface area contributed by atoms with Crippen molar-refractivity contribution in [2.24, 2.45) is 0 Å². The van der Waals surface area contributed by atoms with E-state index in [0.29, 0.717) is 18.8 Å². The summed E-state index contributed by atoms with van der Waals surface area (Å²) in [5.74, 6) is -0.642. The van der Waals surface area contributed by atoms with E-state index in [1.165, 1.54) is 6.08 Å². The molecule has 136 valence electrons. The molecule has 0 atom stereocenters. The molecule has 0 aliphatic carbocycles. The van der Waals surface area contributed by atoms with E-state index in [9.17, 15) is 9.59 Å². The summed E-state index contributed by atoms with van der Waals surface area (Å²) in [6, 6.07) is 0. The van der Waals surface area contributed by atoms with Gasteiger partial charge in [0.15, 0.2) is 0 Å². The number of ether oxygens (including phenoxy) is 2. The first-order valence-electron chi connectivity index (χ1n) is 8.29. The molecule has 0 saturated carbocycles. The van der Waals surface area contributed by atoms with Crippen LogP contribution in [0.3, 0.4) is 0 Å². The topological polar surface area (TPSA) is 52.6 Å². The Bertz CT molecular complexity index is 614. The summed E-state index contributed by atoms with van der Waals surface area (Å²) >= 11 is 0. The number of hydrogen-bond acceptors (Lipinski definition) is 4. The maximum Gasteiger partial charge on any atom is 0.333 e. The molecule has 0 rings (SSSR count). The van der Waals surface area contributed by atoms with Crippen molar-refractivity contribution in [2.45, 2.75) is 34.6 Å². The van der Waals surface area contributed by atoms with Gasteiger partial charge in [-0.05, 0) is 34.6 Å². The van der Waals surface area contributed by atoms with Gasteiger partial charge >= 0.3 is 11.9 Å². The Balaban J connectivity index is 4.56. The number of esters is 2. The summed E-state index contributed by atoms with van der Waals surface area (Å²) in [5.41, 5.74) is 2.55. The molecule has 0 aliphatic rings. The first-order chi connectivity index (χ1) is 11.9. The van der Waals surface area contributed by atoms with E-state index >= 15 is 0 Å². The Labute approximate surface area is 150 Å². The SMILES string of the molecule is CCOC(=O)/C=C/C(C)=C/C=C/C=C(C)/C=C/C=C(\C)C(=O)OCC. The highest BCUT2D eigenvalue weighted by Crippen LogP contribution is 2.01. The quantitative estimate of drug-likeness (QED) is 0.348. The summed E-state index contributed by atoms with van der Waals surface area (Å²) in [7, 11) is 0. The molecule has 0 fully saturated rings. The van der Waals surface area contributed by atoms with Gasteiger partial charge in [0.1, 0.15) is 0 Å². The molecular formula is C21H28O4. The third kappa shape index (κ3) is 12.5. The highest BCUT2D eigenvalue weighted by atomic mass is 16.5. The molecule has 0 radical (unpaired) electrons. The predicted octanol–water partition coefficient (Wildman–Crippen LogP) is 4.62. The lowest BCUT2D eigenvalue weighted by Crippen LogP contribution is -2.04. The van der Waals surface area contributed by atoms with Gasteiger partial charge in [-0.3, -0.25) is 0 Å². The average Bonchev–Trinajstić information content (AvgIpc) is 2.57. The zero-order valence-corrected chi connectivity index (χ0v) is 15.7. The maximum absolute atomic E-state index is 11.4. The van der Waals surface area contributed by atoms with Crippen LogP contribution >= 0.6 is 0 Å². The molecule has 4 heteroatoms. The molecular weight excluding hydrogens is 316 g/mol. The molecule has 0 bridgehead atoms. The maximum atomic E-state index is 11.4. The second-order valence-electron chi connectivity index (χ2n) is 5.22. The Kier molecular flexibility index (Phi) is 12.3. The van der Waals surface area contributed by atoms with Crippen LogP contribution in [-0.4, -0.2) is 25.2 Å². The fourth-order valence-corrected chi connectivity index (χ4v) is 1.57. The van der Waals surface area contributed by atoms with Gasteiger partial charge < -0.3 is 9.47 Å². The van der Waals surface area contributed by atoms with Gasteiger partial charge in [-0.2, -0.15) is 0 Å². The van der Waals surface area contributed by atoms with Crippen LogP contribution in [0.25, 0.3) is 0 Å².